The third-order valence-electron chi connectivity index (χ3n) is 3.13. The number of Topliss-reactive ketones (excluding diaryl/α,β-unsaturated/α-hetero) is 1. The molecule has 0 N–H and O–H groups in total. The molecule has 0 aliphatic carbocycles. The van der Waals surface area contributed by atoms with Crippen molar-refractivity contribution in [2.45, 2.75) is 12.3 Å². The van der Waals surface area contributed by atoms with Gasteiger partial charge in [0.15, 0.2) is 5.78 Å². The summed E-state index contributed by atoms with van der Waals surface area (Å²) >= 11 is 5.99. The molecule has 0 amide bonds. The van der Waals surface area contributed by atoms with Crippen LogP contribution in [-0.2, 0) is 11.2 Å². The predicted octanol–water partition coefficient (Wildman–Crippen LogP) is 3.77. The van der Waals surface area contributed by atoms with Crippen molar-refractivity contribution in [3.8, 4) is 11.8 Å². The van der Waals surface area contributed by atoms with Gasteiger partial charge < -0.3 is 4.74 Å². The number of ether oxygens (including phenoxy) is 1. The van der Waals surface area contributed by atoms with Gasteiger partial charge in [-0.05, 0) is 29.3 Å². The zero-order valence-corrected chi connectivity index (χ0v) is 12.3. The first-order valence-electron chi connectivity index (χ1n) is 6.44. The molecule has 1 atom stereocenters. The molecule has 106 valence electrons. The third-order valence-corrected chi connectivity index (χ3v) is 3.35. The molecule has 2 aromatic rings. The van der Waals surface area contributed by atoms with Crippen molar-refractivity contribution in [1.29, 1.82) is 5.26 Å². The first-order valence-corrected chi connectivity index (χ1v) is 6.82. The lowest BCUT2D eigenvalue weighted by molar-refractivity contribution is -0.118. The predicted molar refractivity (Wildman–Crippen MR) is 81.5 cm³/mol. The molecule has 3 nitrogen and oxygen atoms in total. The largest absolute Gasteiger partial charge is 0.497 e. The fourth-order valence-electron chi connectivity index (χ4n) is 2.10. The fourth-order valence-corrected chi connectivity index (χ4v) is 2.33. The molecule has 0 aliphatic rings. The van der Waals surface area contributed by atoms with Gasteiger partial charge in [-0.2, -0.15) is 5.26 Å². The molecule has 0 fully saturated rings. The van der Waals surface area contributed by atoms with E-state index in [4.69, 9.17) is 16.3 Å². The lowest BCUT2D eigenvalue weighted by Crippen LogP contribution is -2.13. The summed E-state index contributed by atoms with van der Waals surface area (Å²) in [6.45, 7) is 0. The van der Waals surface area contributed by atoms with Crippen molar-refractivity contribution in [3.05, 3.63) is 64.7 Å². The van der Waals surface area contributed by atoms with Crippen LogP contribution in [0.1, 0.15) is 17.0 Å². The SMILES string of the molecule is COc1cc(Cl)cc(C(C#N)C(=O)Cc2ccccc2)c1. The highest BCUT2D eigenvalue weighted by molar-refractivity contribution is 6.30. The highest BCUT2D eigenvalue weighted by Crippen LogP contribution is 2.27. The first-order chi connectivity index (χ1) is 10.1. The van der Waals surface area contributed by atoms with Crippen LogP contribution in [0.5, 0.6) is 5.75 Å². The fraction of sp³-hybridized carbons (Fsp3) is 0.176. The number of carbonyl (C=O) groups excluding carboxylic acids is 1. The van der Waals surface area contributed by atoms with E-state index in [2.05, 4.69) is 6.07 Å². The zero-order valence-electron chi connectivity index (χ0n) is 11.5. The lowest BCUT2D eigenvalue weighted by Gasteiger charge is -2.11. The standard InChI is InChI=1S/C17H14ClNO2/c1-21-15-9-13(8-14(18)10-15)16(11-19)17(20)7-12-5-3-2-4-6-12/h2-6,8-10,16H,7H2,1H3. The number of hydrogen-bond donors (Lipinski definition) is 0. The zero-order chi connectivity index (χ0) is 15.2. The van der Waals surface area contributed by atoms with Gasteiger partial charge in [0.25, 0.3) is 0 Å². The van der Waals surface area contributed by atoms with Gasteiger partial charge in [0.2, 0.25) is 0 Å². The van der Waals surface area contributed by atoms with Crippen molar-refractivity contribution < 1.29 is 9.53 Å². The second-order valence-electron chi connectivity index (χ2n) is 4.62. The van der Waals surface area contributed by atoms with Crippen molar-refractivity contribution >= 4 is 17.4 Å². The van der Waals surface area contributed by atoms with Gasteiger partial charge in [0.05, 0.1) is 13.2 Å². The smallest absolute Gasteiger partial charge is 0.158 e. The molecule has 0 aromatic heterocycles. The number of carbonyl (C=O) groups is 1. The number of halogens is 1. The molecule has 2 rings (SSSR count). The van der Waals surface area contributed by atoms with E-state index in [1.165, 1.54) is 7.11 Å². The summed E-state index contributed by atoms with van der Waals surface area (Å²) in [4.78, 5) is 12.3. The van der Waals surface area contributed by atoms with Crippen molar-refractivity contribution in [2.75, 3.05) is 7.11 Å². The summed E-state index contributed by atoms with van der Waals surface area (Å²) in [5, 5.41) is 9.77. The van der Waals surface area contributed by atoms with E-state index in [-0.39, 0.29) is 12.2 Å². The average molecular weight is 300 g/mol. The van der Waals surface area contributed by atoms with Gasteiger partial charge in [-0.15, -0.1) is 0 Å². The molecule has 2 aromatic carbocycles. The second-order valence-corrected chi connectivity index (χ2v) is 5.05. The van der Waals surface area contributed by atoms with Crippen LogP contribution in [-0.4, -0.2) is 12.9 Å². The lowest BCUT2D eigenvalue weighted by atomic mass is 9.92. The highest BCUT2D eigenvalue weighted by Gasteiger charge is 2.21. The third kappa shape index (κ3) is 3.84. The number of benzene rings is 2. The van der Waals surface area contributed by atoms with Crippen LogP contribution < -0.4 is 4.74 Å². The van der Waals surface area contributed by atoms with Crippen LogP contribution in [0.2, 0.25) is 5.02 Å². The maximum atomic E-state index is 12.3. The Bertz CT molecular complexity index is 677. The normalized spacial score (nSPS) is 11.5. The van der Waals surface area contributed by atoms with Crippen LogP contribution in [0.3, 0.4) is 0 Å². The molecule has 0 radical (unpaired) electrons. The minimum Gasteiger partial charge on any atom is -0.497 e. The monoisotopic (exact) mass is 299 g/mol. The van der Waals surface area contributed by atoms with E-state index < -0.39 is 5.92 Å². The Hall–Kier alpha value is -2.31. The maximum absolute atomic E-state index is 12.3. The highest BCUT2D eigenvalue weighted by atomic mass is 35.5. The minimum atomic E-state index is -0.849. The molecule has 0 spiro atoms. The minimum absolute atomic E-state index is 0.159. The van der Waals surface area contributed by atoms with Gasteiger partial charge in [-0.1, -0.05) is 41.9 Å². The molecule has 1 unspecified atom stereocenters. The molecule has 4 heteroatoms. The molecule has 0 saturated carbocycles. The van der Waals surface area contributed by atoms with Gasteiger partial charge in [-0.25, -0.2) is 0 Å². The van der Waals surface area contributed by atoms with Gasteiger partial charge in [0.1, 0.15) is 11.7 Å². The summed E-state index contributed by atoms with van der Waals surface area (Å²) in [6, 6.07) is 16.3. The Labute approximate surface area is 128 Å². The summed E-state index contributed by atoms with van der Waals surface area (Å²) in [6.07, 6.45) is 0.216. The number of rotatable bonds is 5. The topological polar surface area (TPSA) is 50.1 Å². The van der Waals surface area contributed by atoms with Crippen molar-refractivity contribution in [2.24, 2.45) is 0 Å². The van der Waals surface area contributed by atoms with E-state index in [0.717, 1.165) is 5.56 Å². The Morgan fingerprint density at radius 3 is 2.62 bits per heavy atom. The maximum Gasteiger partial charge on any atom is 0.158 e. The van der Waals surface area contributed by atoms with Crippen LogP contribution in [0.15, 0.2) is 48.5 Å². The molecular formula is C17H14ClNO2. The van der Waals surface area contributed by atoms with Crippen LogP contribution >= 0.6 is 11.6 Å². The summed E-state index contributed by atoms with van der Waals surface area (Å²) in [5.41, 5.74) is 1.44. The molecule has 0 aliphatic heterocycles. The van der Waals surface area contributed by atoms with Gasteiger partial charge in [0, 0.05) is 11.4 Å². The van der Waals surface area contributed by atoms with E-state index >= 15 is 0 Å². The Balaban J connectivity index is 2.25. The number of nitriles is 1. The number of methoxy groups -OCH3 is 1. The Morgan fingerprint density at radius 1 is 1.29 bits per heavy atom. The number of ketones is 1. The van der Waals surface area contributed by atoms with E-state index in [1.807, 2.05) is 30.3 Å². The van der Waals surface area contributed by atoms with E-state index in [0.29, 0.717) is 16.3 Å². The van der Waals surface area contributed by atoms with Gasteiger partial charge in [-0.3, -0.25) is 4.79 Å². The average Bonchev–Trinajstić information content (AvgIpc) is 2.48. The molecule has 21 heavy (non-hydrogen) atoms. The van der Waals surface area contributed by atoms with Crippen LogP contribution in [0.4, 0.5) is 0 Å². The molecule has 0 heterocycles. The second kappa shape index (κ2) is 6.92. The van der Waals surface area contributed by atoms with Crippen LogP contribution in [0.25, 0.3) is 0 Å². The quantitative estimate of drug-likeness (QED) is 0.844. The summed E-state index contributed by atoms with van der Waals surface area (Å²) in [5.74, 6) is -0.476. The number of hydrogen-bond acceptors (Lipinski definition) is 3. The van der Waals surface area contributed by atoms with Crippen LogP contribution in [0, 0.1) is 11.3 Å². The Kier molecular flexibility index (Phi) is 4.97. The number of nitrogens with zero attached hydrogens (tertiary/aromatic N) is 1. The summed E-state index contributed by atoms with van der Waals surface area (Å²) < 4.78 is 5.12. The molecule has 0 bridgehead atoms. The van der Waals surface area contributed by atoms with E-state index in [9.17, 15) is 10.1 Å². The first kappa shape index (κ1) is 15.1. The van der Waals surface area contributed by atoms with Crippen molar-refractivity contribution in [1.82, 2.24) is 0 Å². The Morgan fingerprint density at radius 2 is 2.00 bits per heavy atom. The van der Waals surface area contributed by atoms with E-state index in [1.54, 1.807) is 18.2 Å². The summed E-state index contributed by atoms with van der Waals surface area (Å²) in [7, 11) is 1.52. The molecular weight excluding hydrogens is 286 g/mol. The van der Waals surface area contributed by atoms with Gasteiger partial charge >= 0.3 is 0 Å². The van der Waals surface area contributed by atoms with Crippen molar-refractivity contribution in [3.63, 3.8) is 0 Å². The molecule has 0 saturated heterocycles.